The van der Waals surface area contributed by atoms with E-state index in [0.29, 0.717) is 5.89 Å². The Kier molecular flexibility index (Phi) is 2.56. The lowest BCUT2D eigenvalue weighted by molar-refractivity contribution is 0.591. The van der Waals surface area contributed by atoms with E-state index in [1.807, 2.05) is 37.3 Å². The van der Waals surface area contributed by atoms with Gasteiger partial charge in [0.1, 0.15) is 9.88 Å². The topological polar surface area (TPSA) is 77.8 Å². The molecule has 0 saturated carbocycles. The Morgan fingerprint density at radius 2 is 1.94 bits per heavy atom. The Morgan fingerprint density at radius 1 is 1.17 bits per heavy atom. The van der Waals surface area contributed by atoms with Crippen molar-refractivity contribution in [1.29, 1.82) is 0 Å². The first kappa shape index (κ1) is 10.9. The molecule has 0 saturated heterocycles. The normalized spacial score (nSPS) is 10.7. The molecule has 0 unspecified atom stereocenters. The molecule has 0 radical (unpaired) electrons. The second-order valence-corrected chi connectivity index (χ2v) is 4.74. The first-order chi connectivity index (χ1) is 8.74. The van der Waals surface area contributed by atoms with Crippen molar-refractivity contribution < 1.29 is 4.42 Å². The van der Waals surface area contributed by atoms with Crippen molar-refractivity contribution in [2.24, 2.45) is 0 Å². The van der Waals surface area contributed by atoms with E-state index < -0.39 is 0 Å². The predicted molar refractivity (Wildman–Crippen MR) is 70.0 cm³/mol. The minimum absolute atomic E-state index is 0.0686. The van der Waals surface area contributed by atoms with E-state index in [0.717, 1.165) is 21.1 Å². The van der Waals surface area contributed by atoms with E-state index in [2.05, 4.69) is 15.2 Å². The molecule has 90 valence electrons. The Bertz CT molecular complexity index is 674. The van der Waals surface area contributed by atoms with Crippen LogP contribution in [0.3, 0.4) is 0 Å². The van der Waals surface area contributed by atoms with E-state index in [4.69, 9.17) is 10.2 Å². The van der Waals surface area contributed by atoms with Crippen molar-refractivity contribution in [3.63, 3.8) is 0 Å². The van der Waals surface area contributed by atoms with Crippen LogP contribution in [0, 0.1) is 6.92 Å². The van der Waals surface area contributed by atoms with E-state index >= 15 is 0 Å². The molecule has 0 amide bonds. The molecule has 0 bridgehead atoms. The van der Waals surface area contributed by atoms with Crippen molar-refractivity contribution in [2.75, 3.05) is 5.73 Å². The van der Waals surface area contributed by atoms with Crippen molar-refractivity contribution in [3.05, 3.63) is 36.0 Å². The zero-order chi connectivity index (χ0) is 12.5. The number of rotatable bonds is 2. The van der Waals surface area contributed by atoms with Crippen LogP contribution in [-0.2, 0) is 0 Å². The van der Waals surface area contributed by atoms with Crippen LogP contribution >= 0.6 is 11.3 Å². The van der Waals surface area contributed by atoms with Crippen LogP contribution in [0.15, 0.2) is 34.7 Å². The molecular weight excluding hydrogens is 248 g/mol. The van der Waals surface area contributed by atoms with Gasteiger partial charge in [-0.05, 0) is 6.92 Å². The molecule has 3 aromatic rings. The fourth-order valence-corrected chi connectivity index (χ4v) is 2.62. The molecule has 18 heavy (non-hydrogen) atoms. The monoisotopic (exact) mass is 258 g/mol. The minimum atomic E-state index is 0.0686. The lowest BCUT2D eigenvalue weighted by atomic mass is 10.2. The smallest absolute Gasteiger partial charge is 0.313 e. The molecule has 5 nitrogen and oxygen atoms in total. The highest BCUT2D eigenvalue weighted by Crippen LogP contribution is 2.34. The highest BCUT2D eigenvalue weighted by atomic mass is 32.1. The third kappa shape index (κ3) is 1.86. The zero-order valence-corrected chi connectivity index (χ0v) is 10.4. The Hall–Kier alpha value is -2.21. The molecule has 2 N–H and O–H groups in total. The molecular formula is C12H10N4OS. The van der Waals surface area contributed by atoms with E-state index in [-0.39, 0.29) is 6.01 Å². The highest BCUT2D eigenvalue weighted by Gasteiger charge is 2.15. The van der Waals surface area contributed by atoms with E-state index in [1.165, 1.54) is 11.3 Å². The maximum absolute atomic E-state index is 5.43. The summed E-state index contributed by atoms with van der Waals surface area (Å²) in [5, 5.41) is 8.47. The lowest BCUT2D eigenvalue weighted by Crippen LogP contribution is -1.81. The number of benzene rings is 1. The first-order valence-corrected chi connectivity index (χ1v) is 6.18. The van der Waals surface area contributed by atoms with Crippen LogP contribution in [-0.4, -0.2) is 15.2 Å². The van der Waals surface area contributed by atoms with Gasteiger partial charge in [0, 0.05) is 5.56 Å². The van der Waals surface area contributed by atoms with Gasteiger partial charge in [0.15, 0.2) is 0 Å². The number of nitrogen functional groups attached to an aromatic ring is 1. The summed E-state index contributed by atoms with van der Waals surface area (Å²) in [7, 11) is 0. The number of nitrogens with zero attached hydrogens (tertiary/aromatic N) is 3. The van der Waals surface area contributed by atoms with Crippen LogP contribution in [0.5, 0.6) is 0 Å². The van der Waals surface area contributed by atoms with Gasteiger partial charge in [-0.2, -0.15) is 0 Å². The maximum atomic E-state index is 5.43. The number of thiazole rings is 1. The molecule has 0 spiro atoms. The van der Waals surface area contributed by atoms with Crippen molar-refractivity contribution >= 4 is 17.4 Å². The average molecular weight is 258 g/mol. The van der Waals surface area contributed by atoms with Crippen LogP contribution in [0.1, 0.15) is 5.69 Å². The average Bonchev–Trinajstić information content (AvgIpc) is 2.97. The summed E-state index contributed by atoms with van der Waals surface area (Å²) >= 11 is 1.52. The van der Waals surface area contributed by atoms with Gasteiger partial charge < -0.3 is 10.2 Å². The predicted octanol–water partition coefficient (Wildman–Crippen LogP) is 2.75. The Balaban J connectivity index is 2.06. The molecule has 0 aliphatic heterocycles. The largest absolute Gasteiger partial charge is 0.403 e. The van der Waals surface area contributed by atoms with Crippen LogP contribution in [0.25, 0.3) is 21.3 Å². The fraction of sp³-hybridized carbons (Fsp3) is 0.0833. The number of hydrogen-bond donors (Lipinski definition) is 1. The highest BCUT2D eigenvalue weighted by molar-refractivity contribution is 7.18. The minimum Gasteiger partial charge on any atom is -0.403 e. The molecule has 0 atom stereocenters. The summed E-state index contributed by atoms with van der Waals surface area (Å²) in [6.45, 7) is 1.92. The summed E-state index contributed by atoms with van der Waals surface area (Å²) in [5.74, 6) is 0.421. The van der Waals surface area contributed by atoms with Gasteiger partial charge in [0.25, 0.3) is 5.89 Å². The van der Waals surface area contributed by atoms with Gasteiger partial charge >= 0.3 is 6.01 Å². The van der Waals surface area contributed by atoms with Crippen molar-refractivity contribution in [3.8, 4) is 21.3 Å². The summed E-state index contributed by atoms with van der Waals surface area (Å²) in [6.07, 6.45) is 0. The number of nitrogens with two attached hydrogens (primary N) is 1. The van der Waals surface area contributed by atoms with Gasteiger partial charge in [0.2, 0.25) is 0 Å². The molecule has 0 fully saturated rings. The molecule has 0 aliphatic rings. The zero-order valence-electron chi connectivity index (χ0n) is 9.62. The molecule has 6 heteroatoms. The summed E-state index contributed by atoms with van der Waals surface area (Å²) < 4.78 is 5.23. The number of aryl methyl sites for hydroxylation is 1. The van der Waals surface area contributed by atoms with Crippen molar-refractivity contribution in [1.82, 2.24) is 15.2 Å². The van der Waals surface area contributed by atoms with Crippen LogP contribution < -0.4 is 5.73 Å². The Morgan fingerprint density at radius 3 is 2.61 bits per heavy atom. The first-order valence-electron chi connectivity index (χ1n) is 5.36. The van der Waals surface area contributed by atoms with Crippen LogP contribution in [0.2, 0.25) is 0 Å². The van der Waals surface area contributed by atoms with Gasteiger partial charge in [-0.1, -0.05) is 35.4 Å². The second-order valence-electron chi connectivity index (χ2n) is 3.75. The molecule has 1 aromatic carbocycles. The lowest BCUT2D eigenvalue weighted by Gasteiger charge is -1.92. The van der Waals surface area contributed by atoms with E-state index in [9.17, 15) is 0 Å². The van der Waals surface area contributed by atoms with E-state index in [1.54, 1.807) is 0 Å². The number of hydrogen-bond acceptors (Lipinski definition) is 6. The number of anilines is 1. The fourth-order valence-electron chi connectivity index (χ4n) is 1.63. The SMILES string of the molecule is Cc1nc(-c2ccccc2)sc1-c1nnc(N)o1. The van der Waals surface area contributed by atoms with Gasteiger partial charge in [-0.15, -0.1) is 16.4 Å². The summed E-state index contributed by atoms with van der Waals surface area (Å²) in [6, 6.07) is 10.0. The molecule has 0 aliphatic carbocycles. The van der Waals surface area contributed by atoms with Crippen LogP contribution in [0.4, 0.5) is 6.01 Å². The van der Waals surface area contributed by atoms with Gasteiger partial charge in [0.05, 0.1) is 5.69 Å². The maximum Gasteiger partial charge on any atom is 0.313 e. The second kappa shape index (κ2) is 4.23. The summed E-state index contributed by atoms with van der Waals surface area (Å²) in [4.78, 5) is 5.38. The van der Waals surface area contributed by atoms with Gasteiger partial charge in [-0.25, -0.2) is 4.98 Å². The summed E-state index contributed by atoms with van der Waals surface area (Å²) in [5.41, 5.74) is 7.36. The third-order valence-electron chi connectivity index (χ3n) is 2.45. The Labute approximate surface area is 107 Å². The number of aromatic nitrogens is 3. The van der Waals surface area contributed by atoms with Gasteiger partial charge in [-0.3, -0.25) is 0 Å². The van der Waals surface area contributed by atoms with Crippen molar-refractivity contribution in [2.45, 2.75) is 6.92 Å². The molecule has 2 aromatic heterocycles. The molecule has 2 heterocycles. The standard InChI is InChI=1S/C12H10N4OS/c1-7-9(10-15-16-12(13)17-10)18-11(14-7)8-5-3-2-4-6-8/h2-6H,1H3,(H2,13,16). The third-order valence-corrected chi connectivity index (χ3v) is 3.65. The molecule has 3 rings (SSSR count). The quantitative estimate of drug-likeness (QED) is 0.764.